The number of carbonyl (C=O) groups excluding carboxylic acids is 1. The summed E-state index contributed by atoms with van der Waals surface area (Å²) in [7, 11) is 0. The average Bonchev–Trinajstić information content (AvgIpc) is 2.10. The SMILES string of the molecule is CCC1(C)CN(C(C)C)C(=O)C(C)(C)N1. The highest BCUT2D eigenvalue weighted by atomic mass is 16.2. The molecule has 1 rings (SSSR count). The fraction of sp³-hybridized carbons (Fsp3) is 0.917. The van der Waals surface area contributed by atoms with E-state index in [9.17, 15) is 4.79 Å². The van der Waals surface area contributed by atoms with Gasteiger partial charge in [0.25, 0.3) is 0 Å². The van der Waals surface area contributed by atoms with Gasteiger partial charge in [0.1, 0.15) is 0 Å². The highest BCUT2D eigenvalue weighted by molar-refractivity contribution is 5.86. The van der Waals surface area contributed by atoms with Crippen LogP contribution in [-0.4, -0.2) is 34.5 Å². The fourth-order valence-electron chi connectivity index (χ4n) is 2.27. The van der Waals surface area contributed by atoms with Crippen LogP contribution in [0.4, 0.5) is 0 Å². The van der Waals surface area contributed by atoms with Gasteiger partial charge in [-0.2, -0.15) is 0 Å². The van der Waals surface area contributed by atoms with Crippen LogP contribution in [0.3, 0.4) is 0 Å². The zero-order valence-corrected chi connectivity index (χ0v) is 10.8. The Morgan fingerprint density at radius 3 is 2.33 bits per heavy atom. The van der Waals surface area contributed by atoms with E-state index >= 15 is 0 Å². The van der Waals surface area contributed by atoms with E-state index in [0.717, 1.165) is 13.0 Å². The third kappa shape index (κ3) is 2.33. The average molecular weight is 212 g/mol. The van der Waals surface area contributed by atoms with E-state index < -0.39 is 5.54 Å². The summed E-state index contributed by atoms with van der Waals surface area (Å²) in [6.45, 7) is 13.3. The molecule has 1 unspecified atom stereocenters. The smallest absolute Gasteiger partial charge is 0.242 e. The molecule has 3 nitrogen and oxygen atoms in total. The molecule has 1 amide bonds. The van der Waals surface area contributed by atoms with Crippen LogP contribution in [0.15, 0.2) is 0 Å². The standard InChI is InChI=1S/C12H24N2O/c1-7-12(6)8-14(9(2)3)10(15)11(4,5)13-12/h9,13H,7-8H2,1-6H3. The maximum absolute atomic E-state index is 12.2. The van der Waals surface area contributed by atoms with Gasteiger partial charge in [-0.05, 0) is 41.0 Å². The summed E-state index contributed by atoms with van der Waals surface area (Å²) >= 11 is 0. The summed E-state index contributed by atoms with van der Waals surface area (Å²) in [4.78, 5) is 14.1. The van der Waals surface area contributed by atoms with Crippen molar-refractivity contribution in [3.05, 3.63) is 0 Å². The Morgan fingerprint density at radius 2 is 1.93 bits per heavy atom. The van der Waals surface area contributed by atoms with Gasteiger partial charge in [0.05, 0.1) is 5.54 Å². The van der Waals surface area contributed by atoms with Gasteiger partial charge in [-0.15, -0.1) is 0 Å². The van der Waals surface area contributed by atoms with Gasteiger partial charge >= 0.3 is 0 Å². The number of nitrogens with zero attached hydrogens (tertiary/aromatic N) is 1. The number of piperazine rings is 1. The van der Waals surface area contributed by atoms with Gasteiger partial charge in [-0.25, -0.2) is 0 Å². The molecule has 0 aromatic rings. The summed E-state index contributed by atoms with van der Waals surface area (Å²) in [6.07, 6.45) is 1.03. The van der Waals surface area contributed by atoms with Crippen LogP contribution in [0.5, 0.6) is 0 Å². The van der Waals surface area contributed by atoms with Crippen molar-refractivity contribution in [2.45, 2.75) is 65.1 Å². The first-order valence-electron chi connectivity index (χ1n) is 5.82. The third-order valence-corrected chi connectivity index (χ3v) is 3.33. The Bertz CT molecular complexity index is 260. The molecule has 0 aliphatic carbocycles. The molecule has 1 fully saturated rings. The molecule has 0 aromatic carbocycles. The minimum absolute atomic E-state index is 0.0433. The molecule has 1 saturated heterocycles. The highest BCUT2D eigenvalue weighted by Gasteiger charge is 2.45. The van der Waals surface area contributed by atoms with Crippen molar-refractivity contribution in [2.75, 3.05) is 6.54 Å². The molecule has 1 aliphatic rings. The summed E-state index contributed by atoms with van der Waals surface area (Å²) in [5, 5.41) is 3.46. The van der Waals surface area contributed by atoms with E-state index in [1.165, 1.54) is 0 Å². The minimum atomic E-state index is -0.437. The minimum Gasteiger partial charge on any atom is -0.337 e. The zero-order valence-electron chi connectivity index (χ0n) is 10.8. The molecule has 1 atom stereocenters. The van der Waals surface area contributed by atoms with Crippen LogP contribution >= 0.6 is 0 Å². The number of hydrogen-bond donors (Lipinski definition) is 1. The second kappa shape index (κ2) is 3.78. The molecule has 0 aromatic heterocycles. The Balaban J connectivity index is 2.97. The fourth-order valence-corrected chi connectivity index (χ4v) is 2.27. The van der Waals surface area contributed by atoms with Crippen molar-refractivity contribution >= 4 is 5.91 Å². The Morgan fingerprint density at radius 1 is 1.40 bits per heavy atom. The van der Waals surface area contributed by atoms with Crippen LogP contribution in [0.2, 0.25) is 0 Å². The molecular formula is C12H24N2O. The lowest BCUT2D eigenvalue weighted by Gasteiger charge is -2.50. The lowest BCUT2D eigenvalue weighted by Crippen LogP contribution is -2.71. The van der Waals surface area contributed by atoms with Gasteiger partial charge in [0.15, 0.2) is 0 Å². The summed E-state index contributed by atoms with van der Waals surface area (Å²) in [5.41, 5.74) is -0.394. The first-order chi connectivity index (χ1) is 6.72. The van der Waals surface area contributed by atoms with Crippen LogP contribution < -0.4 is 5.32 Å². The molecule has 1 aliphatic heterocycles. The molecule has 1 N–H and O–H groups in total. The van der Waals surface area contributed by atoms with Gasteiger partial charge in [-0.1, -0.05) is 6.92 Å². The van der Waals surface area contributed by atoms with E-state index in [2.05, 4.69) is 33.0 Å². The normalized spacial score (nSPS) is 31.1. The Kier molecular flexibility index (Phi) is 3.15. The number of rotatable bonds is 2. The zero-order chi connectivity index (χ0) is 11.9. The highest BCUT2D eigenvalue weighted by Crippen LogP contribution is 2.26. The van der Waals surface area contributed by atoms with Gasteiger partial charge < -0.3 is 4.90 Å². The summed E-state index contributed by atoms with van der Waals surface area (Å²) < 4.78 is 0. The van der Waals surface area contributed by atoms with Gasteiger partial charge in [0, 0.05) is 18.1 Å². The van der Waals surface area contributed by atoms with E-state index in [1.807, 2.05) is 18.7 Å². The number of amides is 1. The van der Waals surface area contributed by atoms with Crippen LogP contribution in [0, 0.1) is 0 Å². The van der Waals surface area contributed by atoms with Crippen molar-refractivity contribution in [3.63, 3.8) is 0 Å². The second-order valence-corrected chi connectivity index (χ2v) is 5.69. The predicted octanol–water partition coefficient (Wildman–Crippen LogP) is 1.77. The van der Waals surface area contributed by atoms with E-state index in [-0.39, 0.29) is 17.5 Å². The van der Waals surface area contributed by atoms with Crippen molar-refractivity contribution in [1.82, 2.24) is 10.2 Å². The first-order valence-corrected chi connectivity index (χ1v) is 5.82. The second-order valence-electron chi connectivity index (χ2n) is 5.69. The van der Waals surface area contributed by atoms with E-state index in [0.29, 0.717) is 0 Å². The number of carbonyl (C=O) groups is 1. The first kappa shape index (κ1) is 12.5. The number of hydrogen-bond acceptors (Lipinski definition) is 2. The van der Waals surface area contributed by atoms with Gasteiger partial charge in [-0.3, -0.25) is 10.1 Å². The van der Waals surface area contributed by atoms with E-state index in [1.54, 1.807) is 0 Å². The van der Waals surface area contributed by atoms with Crippen molar-refractivity contribution in [1.29, 1.82) is 0 Å². The van der Waals surface area contributed by atoms with Crippen molar-refractivity contribution in [2.24, 2.45) is 0 Å². The molecule has 3 heteroatoms. The topological polar surface area (TPSA) is 32.3 Å². The molecule has 15 heavy (non-hydrogen) atoms. The molecule has 0 spiro atoms. The van der Waals surface area contributed by atoms with Crippen molar-refractivity contribution < 1.29 is 4.79 Å². The van der Waals surface area contributed by atoms with Crippen LogP contribution in [0.1, 0.15) is 48.0 Å². The lowest BCUT2D eigenvalue weighted by atomic mass is 9.87. The predicted molar refractivity (Wildman–Crippen MR) is 62.8 cm³/mol. The Hall–Kier alpha value is -0.570. The molecule has 1 heterocycles. The van der Waals surface area contributed by atoms with Crippen LogP contribution in [-0.2, 0) is 4.79 Å². The molecule has 0 bridgehead atoms. The molecule has 0 saturated carbocycles. The number of nitrogens with one attached hydrogen (secondary N) is 1. The van der Waals surface area contributed by atoms with Crippen molar-refractivity contribution in [3.8, 4) is 0 Å². The molecular weight excluding hydrogens is 188 g/mol. The summed E-state index contributed by atoms with van der Waals surface area (Å²) in [6, 6.07) is 0.282. The molecule has 88 valence electrons. The maximum Gasteiger partial charge on any atom is 0.242 e. The van der Waals surface area contributed by atoms with E-state index in [4.69, 9.17) is 0 Å². The van der Waals surface area contributed by atoms with Gasteiger partial charge in [0.2, 0.25) is 5.91 Å². The Labute approximate surface area is 93.2 Å². The monoisotopic (exact) mass is 212 g/mol. The van der Waals surface area contributed by atoms with Crippen LogP contribution in [0.25, 0.3) is 0 Å². The maximum atomic E-state index is 12.2. The quantitative estimate of drug-likeness (QED) is 0.756. The lowest BCUT2D eigenvalue weighted by molar-refractivity contribution is -0.146. The molecule has 0 radical (unpaired) electrons. The largest absolute Gasteiger partial charge is 0.337 e. The summed E-state index contributed by atoms with van der Waals surface area (Å²) in [5.74, 6) is 0.212. The third-order valence-electron chi connectivity index (χ3n) is 3.33.